The minimum absolute atomic E-state index is 0.562. The highest BCUT2D eigenvalue weighted by atomic mass is 14.6. The minimum atomic E-state index is 0.562. The largest absolute Gasteiger partial charge is 0.0845 e. The molecule has 0 saturated heterocycles. The molecule has 0 bridgehead atoms. The van der Waals surface area contributed by atoms with Gasteiger partial charge in [0.05, 0.1) is 0 Å². The molecule has 3 saturated carbocycles. The molecular formula is C27H46. The highest BCUT2D eigenvalue weighted by molar-refractivity contribution is 5.24. The highest BCUT2D eigenvalue weighted by Gasteiger charge is 2.58. The van der Waals surface area contributed by atoms with Crippen molar-refractivity contribution in [2.24, 2.45) is 46.3 Å². The minimum Gasteiger partial charge on any atom is -0.0845 e. The van der Waals surface area contributed by atoms with Gasteiger partial charge in [-0.2, -0.15) is 0 Å². The zero-order valence-corrected chi connectivity index (χ0v) is 19.0. The van der Waals surface area contributed by atoms with Crippen molar-refractivity contribution in [1.29, 1.82) is 0 Å². The van der Waals surface area contributed by atoms with Crippen LogP contribution in [-0.2, 0) is 0 Å². The number of hydrogen-bond donors (Lipinski definition) is 0. The molecule has 27 heavy (non-hydrogen) atoms. The van der Waals surface area contributed by atoms with Crippen molar-refractivity contribution >= 4 is 0 Å². The molecule has 4 aliphatic rings. The second kappa shape index (κ2) is 7.53. The summed E-state index contributed by atoms with van der Waals surface area (Å²) < 4.78 is 0. The molecule has 4 rings (SSSR count). The SMILES string of the molecule is CC(C)CCCCC1CCC2C3CC=C4CC(C)CC[C@]4(C)C3CCC12C. The van der Waals surface area contributed by atoms with Gasteiger partial charge in [-0.05, 0) is 104 Å². The molecule has 0 aliphatic heterocycles. The van der Waals surface area contributed by atoms with E-state index in [1.807, 2.05) is 5.57 Å². The molecule has 0 radical (unpaired) electrons. The Labute approximate surface area is 170 Å². The van der Waals surface area contributed by atoms with Crippen molar-refractivity contribution in [2.45, 2.75) is 112 Å². The van der Waals surface area contributed by atoms with Gasteiger partial charge in [0.1, 0.15) is 0 Å². The van der Waals surface area contributed by atoms with Crippen LogP contribution in [-0.4, -0.2) is 0 Å². The second-order valence-corrected chi connectivity index (χ2v) is 12.1. The molecule has 0 aromatic heterocycles. The average molecular weight is 371 g/mol. The molecule has 6 unspecified atom stereocenters. The van der Waals surface area contributed by atoms with Crippen molar-refractivity contribution in [3.05, 3.63) is 11.6 Å². The topological polar surface area (TPSA) is 0 Å². The van der Waals surface area contributed by atoms with Gasteiger partial charge < -0.3 is 0 Å². The summed E-state index contributed by atoms with van der Waals surface area (Å²) in [6.07, 6.45) is 20.6. The van der Waals surface area contributed by atoms with E-state index in [2.05, 4.69) is 40.7 Å². The van der Waals surface area contributed by atoms with Gasteiger partial charge in [0.15, 0.2) is 0 Å². The Morgan fingerprint density at radius 2 is 1.81 bits per heavy atom. The number of fused-ring (bicyclic) bond motifs is 5. The molecule has 3 fully saturated rings. The van der Waals surface area contributed by atoms with Gasteiger partial charge in [-0.1, -0.05) is 65.5 Å². The highest BCUT2D eigenvalue weighted by Crippen LogP contribution is 2.67. The lowest BCUT2D eigenvalue weighted by atomic mass is 9.47. The molecule has 0 heterocycles. The summed E-state index contributed by atoms with van der Waals surface area (Å²) in [6.45, 7) is 12.6. The summed E-state index contributed by atoms with van der Waals surface area (Å²) in [4.78, 5) is 0. The molecule has 154 valence electrons. The summed E-state index contributed by atoms with van der Waals surface area (Å²) in [5.41, 5.74) is 3.10. The number of allylic oxidation sites excluding steroid dienone is 2. The summed E-state index contributed by atoms with van der Waals surface area (Å²) in [5.74, 6) is 5.88. The van der Waals surface area contributed by atoms with E-state index >= 15 is 0 Å². The number of unbranched alkanes of at least 4 members (excludes halogenated alkanes) is 1. The molecule has 0 N–H and O–H groups in total. The van der Waals surface area contributed by atoms with Gasteiger partial charge in [-0.15, -0.1) is 0 Å². The van der Waals surface area contributed by atoms with Crippen LogP contribution in [0.3, 0.4) is 0 Å². The zero-order valence-electron chi connectivity index (χ0n) is 19.0. The van der Waals surface area contributed by atoms with E-state index in [0.29, 0.717) is 10.8 Å². The van der Waals surface area contributed by atoms with Crippen LogP contribution in [0.1, 0.15) is 112 Å². The molecule has 0 amide bonds. The Morgan fingerprint density at radius 1 is 1.00 bits per heavy atom. The van der Waals surface area contributed by atoms with Gasteiger partial charge in [-0.3, -0.25) is 0 Å². The van der Waals surface area contributed by atoms with Crippen LogP contribution in [0, 0.1) is 46.3 Å². The third kappa shape index (κ3) is 3.46. The fourth-order valence-electron chi connectivity index (χ4n) is 8.37. The van der Waals surface area contributed by atoms with E-state index in [1.165, 1.54) is 70.6 Å². The molecule has 0 aromatic carbocycles. The lowest BCUT2D eigenvalue weighted by Gasteiger charge is -2.58. The van der Waals surface area contributed by atoms with E-state index in [0.717, 1.165) is 35.5 Å². The Morgan fingerprint density at radius 3 is 2.59 bits per heavy atom. The zero-order chi connectivity index (χ0) is 19.2. The van der Waals surface area contributed by atoms with Crippen LogP contribution < -0.4 is 0 Å². The molecule has 0 aromatic rings. The fraction of sp³-hybridized carbons (Fsp3) is 0.926. The van der Waals surface area contributed by atoms with Crippen molar-refractivity contribution in [3.63, 3.8) is 0 Å². The predicted molar refractivity (Wildman–Crippen MR) is 118 cm³/mol. The van der Waals surface area contributed by atoms with Gasteiger partial charge >= 0.3 is 0 Å². The monoisotopic (exact) mass is 370 g/mol. The maximum absolute atomic E-state index is 2.75. The third-order valence-electron chi connectivity index (χ3n) is 10.1. The molecular weight excluding hydrogens is 324 g/mol. The van der Waals surface area contributed by atoms with E-state index in [9.17, 15) is 0 Å². The summed E-state index contributed by atoms with van der Waals surface area (Å²) >= 11 is 0. The van der Waals surface area contributed by atoms with E-state index in [-0.39, 0.29) is 0 Å². The Bertz CT molecular complexity index is 556. The van der Waals surface area contributed by atoms with Gasteiger partial charge in [0, 0.05) is 0 Å². The van der Waals surface area contributed by atoms with Crippen molar-refractivity contribution in [3.8, 4) is 0 Å². The Hall–Kier alpha value is -0.260. The lowest BCUT2D eigenvalue weighted by Crippen LogP contribution is -2.49. The van der Waals surface area contributed by atoms with Gasteiger partial charge in [0.25, 0.3) is 0 Å². The first kappa shape index (κ1) is 20.0. The van der Waals surface area contributed by atoms with Gasteiger partial charge in [-0.25, -0.2) is 0 Å². The Kier molecular flexibility index (Phi) is 5.59. The summed E-state index contributed by atoms with van der Waals surface area (Å²) in [6, 6.07) is 0. The molecule has 4 aliphatic carbocycles. The van der Waals surface area contributed by atoms with Crippen LogP contribution >= 0.6 is 0 Å². The first-order valence-corrected chi connectivity index (χ1v) is 12.5. The van der Waals surface area contributed by atoms with E-state index in [4.69, 9.17) is 0 Å². The van der Waals surface area contributed by atoms with Crippen LogP contribution in [0.4, 0.5) is 0 Å². The predicted octanol–water partition coefficient (Wildman–Crippen LogP) is 8.42. The van der Waals surface area contributed by atoms with Crippen LogP contribution in [0.15, 0.2) is 11.6 Å². The van der Waals surface area contributed by atoms with E-state index in [1.54, 1.807) is 6.42 Å². The normalized spacial score (nSPS) is 46.6. The van der Waals surface area contributed by atoms with Crippen molar-refractivity contribution < 1.29 is 0 Å². The standard InChI is InChI=1S/C27H46/c1-19(2)8-6-7-9-21-11-13-24-23-12-10-22-18-20(3)14-16-27(22,5)25(23)15-17-26(21,24)4/h10,19-21,23-25H,6-9,11-18H2,1-5H3/t20?,21?,23?,24?,25?,26?,27-/m0/s1. The third-order valence-corrected chi connectivity index (χ3v) is 10.1. The molecule has 0 nitrogen and oxygen atoms in total. The lowest BCUT2D eigenvalue weighted by molar-refractivity contribution is -0.0450. The van der Waals surface area contributed by atoms with Crippen LogP contribution in [0.25, 0.3) is 0 Å². The van der Waals surface area contributed by atoms with Crippen molar-refractivity contribution in [2.75, 3.05) is 0 Å². The first-order valence-electron chi connectivity index (χ1n) is 12.5. The molecule has 7 atom stereocenters. The first-order chi connectivity index (χ1) is 12.8. The quantitative estimate of drug-likeness (QED) is 0.336. The smallest absolute Gasteiger partial charge is 0.00851 e. The summed E-state index contributed by atoms with van der Waals surface area (Å²) in [5, 5.41) is 0. The molecule has 0 heteroatoms. The number of rotatable bonds is 5. The average Bonchev–Trinajstić information content (AvgIpc) is 2.96. The maximum Gasteiger partial charge on any atom is -0.00851 e. The fourth-order valence-corrected chi connectivity index (χ4v) is 8.37. The summed E-state index contributed by atoms with van der Waals surface area (Å²) in [7, 11) is 0. The molecule has 0 spiro atoms. The van der Waals surface area contributed by atoms with Gasteiger partial charge in [0.2, 0.25) is 0 Å². The second-order valence-electron chi connectivity index (χ2n) is 12.1. The van der Waals surface area contributed by atoms with Crippen LogP contribution in [0.2, 0.25) is 0 Å². The van der Waals surface area contributed by atoms with Crippen LogP contribution in [0.5, 0.6) is 0 Å². The Balaban J connectivity index is 1.46. The van der Waals surface area contributed by atoms with Crippen molar-refractivity contribution in [1.82, 2.24) is 0 Å². The number of hydrogen-bond acceptors (Lipinski definition) is 0. The maximum atomic E-state index is 2.75. The van der Waals surface area contributed by atoms with E-state index < -0.39 is 0 Å².